The van der Waals surface area contributed by atoms with Gasteiger partial charge in [0.2, 0.25) is 5.95 Å². The van der Waals surface area contributed by atoms with Gasteiger partial charge < -0.3 is 9.88 Å². The molecule has 1 N–H and O–H groups in total. The second kappa shape index (κ2) is 5.71. The molecule has 0 fully saturated rings. The van der Waals surface area contributed by atoms with E-state index in [2.05, 4.69) is 47.0 Å². The number of nitrogens with one attached hydrogen (secondary N) is 1. The standard InChI is InChI=1S/C15H21N3/c1-4-8-13(3)18-11-12(2)16-15(18)17-14-9-6-5-7-10-14/h5-7,9-11,13H,4,8H2,1-3H3,(H,16,17). The fourth-order valence-corrected chi connectivity index (χ4v) is 2.15. The van der Waals surface area contributed by atoms with E-state index in [4.69, 9.17) is 0 Å². The molecule has 1 heterocycles. The lowest BCUT2D eigenvalue weighted by Crippen LogP contribution is -2.07. The highest BCUT2D eigenvalue weighted by Gasteiger charge is 2.11. The molecule has 3 nitrogen and oxygen atoms in total. The molecule has 18 heavy (non-hydrogen) atoms. The Bertz CT molecular complexity index is 488. The van der Waals surface area contributed by atoms with Crippen LogP contribution in [0.15, 0.2) is 36.5 Å². The molecule has 0 aliphatic heterocycles. The van der Waals surface area contributed by atoms with Gasteiger partial charge in [0.1, 0.15) is 0 Å². The van der Waals surface area contributed by atoms with E-state index in [1.54, 1.807) is 0 Å². The maximum atomic E-state index is 4.56. The van der Waals surface area contributed by atoms with Crippen molar-refractivity contribution in [3.05, 3.63) is 42.2 Å². The fraction of sp³-hybridized carbons (Fsp3) is 0.400. The van der Waals surface area contributed by atoms with Gasteiger partial charge >= 0.3 is 0 Å². The lowest BCUT2D eigenvalue weighted by Gasteiger charge is -2.16. The minimum absolute atomic E-state index is 0.474. The molecule has 0 aliphatic carbocycles. The third kappa shape index (κ3) is 2.92. The summed E-state index contributed by atoms with van der Waals surface area (Å²) in [5, 5.41) is 3.38. The van der Waals surface area contributed by atoms with Gasteiger partial charge in [-0.3, -0.25) is 0 Å². The maximum absolute atomic E-state index is 4.56. The molecule has 1 atom stereocenters. The van der Waals surface area contributed by atoms with E-state index in [0.29, 0.717) is 6.04 Å². The molecule has 0 saturated heterocycles. The Balaban J connectivity index is 2.22. The number of aryl methyl sites for hydroxylation is 1. The summed E-state index contributed by atoms with van der Waals surface area (Å²) in [5.41, 5.74) is 2.13. The van der Waals surface area contributed by atoms with Gasteiger partial charge in [0.15, 0.2) is 0 Å². The van der Waals surface area contributed by atoms with Gasteiger partial charge in [-0.15, -0.1) is 0 Å². The van der Waals surface area contributed by atoms with Crippen LogP contribution in [-0.4, -0.2) is 9.55 Å². The number of benzene rings is 1. The van der Waals surface area contributed by atoms with Crippen molar-refractivity contribution in [3.63, 3.8) is 0 Å². The summed E-state index contributed by atoms with van der Waals surface area (Å²) in [6.45, 7) is 6.48. The molecule has 0 spiro atoms. The Morgan fingerprint density at radius 3 is 2.67 bits per heavy atom. The van der Waals surface area contributed by atoms with Gasteiger partial charge in [-0.2, -0.15) is 0 Å². The van der Waals surface area contributed by atoms with E-state index in [9.17, 15) is 0 Å². The minimum Gasteiger partial charge on any atom is -0.326 e. The Hall–Kier alpha value is -1.77. The van der Waals surface area contributed by atoms with E-state index < -0.39 is 0 Å². The van der Waals surface area contributed by atoms with Crippen LogP contribution in [0.1, 0.15) is 38.4 Å². The predicted octanol–water partition coefficient (Wildman–Crippen LogP) is 4.30. The normalized spacial score (nSPS) is 12.4. The SMILES string of the molecule is CCCC(C)n1cc(C)nc1Nc1ccccc1. The molecule has 1 unspecified atom stereocenters. The van der Waals surface area contributed by atoms with E-state index in [1.807, 2.05) is 25.1 Å². The van der Waals surface area contributed by atoms with Crippen LogP contribution >= 0.6 is 0 Å². The number of imidazole rings is 1. The molecule has 0 radical (unpaired) electrons. The van der Waals surface area contributed by atoms with Crippen molar-refractivity contribution in [2.75, 3.05) is 5.32 Å². The number of nitrogens with zero attached hydrogens (tertiary/aromatic N) is 2. The average Bonchev–Trinajstić information content (AvgIpc) is 2.72. The Morgan fingerprint density at radius 2 is 2.00 bits per heavy atom. The van der Waals surface area contributed by atoms with E-state index in [1.165, 1.54) is 12.8 Å². The quantitative estimate of drug-likeness (QED) is 0.848. The summed E-state index contributed by atoms with van der Waals surface area (Å²) in [5.74, 6) is 0.930. The largest absolute Gasteiger partial charge is 0.326 e. The third-order valence-electron chi connectivity index (χ3n) is 3.06. The average molecular weight is 243 g/mol. The first-order valence-corrected chi connectivity index (χ1v) is 6.58. The van der Waals surface area contributed by atoms with Gasteiger partial charge in [-0.1, -0.05) is 31.5 Å². The van der Waals surface area contributed by atoms with Gasteiger partial charge in [0.05, 0.1) is 5.69 Å². The van der Waals surface area contributed by atoms with Crippen LogP contribution in [0.25, 0.3) is 0 Å². The number of aromatic nitrogens is 2. The number of anilines is 2. The minimum atomic E-state index is 0.474. The van der Waals surface area contributed by atoms with Crippen LogP contribution in [0.4, 0.5) is 11.6 Å². The van der Waals surface area contributed by atoms with Gasteiger partial charge in [-0.25, -0.2) is 4.98 Å². The first-order chi connectivity index (χ1) is 8.70. The summed E-state index contributed by atoms with van der Waals surface area (Å²) in [7, 11) is 0. The number of hydrogen-bond donors (Lipinski definition) is 1. The first-order valence-electron chi connectivity index (χ1n) is 6.58. The van der Waals surface area contributed by atoms with Crippen LogP contribution in [-0.2, 0) is 0 Å². The summed E-state index contributed by atoms with van der Waals surface area (Å²) in [6.07, 6.45) is 4.47. The Labute approximate surface area is 109 Å². The molecule has 2 rings (SSSR count). The zero-order valence-electron chi connectivity index (χ0n) is 11.4. The highest BCUT2D eigenvalue weighted by atomic mass is 15.2. The molecular formula is C15H21N3. The van der Waals surface area contributed by atoms with E-state index in [-0.39, 0.29) is 0 Å². The molecule has 2 aromatic rings. The van der Waals surface area contributed by atoms with Crippen LogP contribution in [0.3, 0.4) is 0 Å². The Morgan fingerprint density at radius 1 is 1.28 bits per heavy atom. The van der Waals surface area contributed by atoms with Crippen LogP contribution in [0.2, 0.25) is 0 Å². The third-order valence-corrected chi connectivity index (χ3v) is 3.06. The van der Waals surface area contributed by atoms with Crippen LogP contribution < -0.4 is 5.32 Å². The molecule has 96 valence electrons. The van der Waals surface area contributed by atoms with Crippen molar-refractivity contribution in [1.82, 2.24) is 9.55 Å². The van der Waals surface area contributed by atoms with Crippen LogP contribution in [0.5, 0.6) is 0 Å². The van der Waals surface area contributed by atoms with Gasteiger partial charge in [0.25, 0.3) is 0 Å². The maximum Gasteiger partial charge on any atom is 0.207 e. The van der Waals surface area contributed by atoms with Gasteiger partial charge in [0, 0.05) is 17.9 Å². The van der Waals surface area contributed by atoms with Crippen molar-refractivity contribution in [3.8, 4) is 0 Å². The van der Waals surface area contributed by atoms with E-state index >= 15 is 0 Å². The monoisotopic (exact) mass is 243 g/mol. The Kier molecular flexibility index (Phi) is 4.03. The van der Waals surface area contributed by atoms with E-state index in [0.717, 1.165) is 17.3 Å². The van der Waals surface area contributed by atoms with Crippen molar-refractivity contribution in [2.24, 2.45) is 0 Å². The summed E-state index contributed by atoms with van der Waals surface area (Å²) in [4.78, 5) is 4.56. The lowest BCUT2D eigenvalue weighted by atomic mass is 10.2. The molecule has 1 aromatic heterocycles. The first kappa shape index (κ1) is 12.7. The number of hydrogen-bond acceptors (Lipinski definition) is 2. The highest BCUT2D eigenvalue weighted by molar-refractivity contribution is 5.53. The van der Waals surface area contributed by atoms with Crippen molar-refractivity contribution in [1.29, 1.82) is 0 Å². The summed E-state index contributed by atoms with van der Waals surface area (Å²) < 4.78 is 2.23. The molecule has 3 heteroatoms. The lowest BCUT2D eigenvalue weighted by molar-refractivity contribution is 0.505. The molecule has 0 saturated carbocycles. The topological polar surface area (TPSA) is 29.9 Å². The molecule has 1 aromatic carbocycles. The predicted molar refractivity (Wildman–Crippen MR) is 76.3 cm³/mol. The van der Waals surface area contributed by atoms with Gasteiger partial charge in [-0.05, 0) is 32.4 Å². The summed E-state index contributed by atoms with van der Waals surface area (Å²) in [6, 6.07) is 10.7. The van der Waals surface area contributed by atoms with Crippen molar-refractivity contribution < 1.29 is 0 Å². The zero-order chi connectivity index (χ0) is 13.0. The van der Waals surface area contributed by atoms with Crippen molar-refractivity contribution in [2.45, 2.75) is 39.7 Å². The van der Waals surface area contributed by atoms with Crippen molar-refractivity contribution >= 4 is 11.6 Å². The molecule has 0 aliphatic rings. The number of rotatable bonds is 5. The molecule has 0 amide bonds. The number of para-hydroxylation sites is 1. The fourth-order valence-electron chi connectivity index (χ4n) is 2.15. The molecule has 0 bridgehead atoms. The highest BCUT2D eigenvalue weighted by Crippen LogP contribution is 2.22. The second-order valence-corrected chi connectivity index (χ2v) is 4.74. The molecular weight excluding hydrogens is 222 g/mol. The zero-order valence-corrected chi connectivity index (χ0v) is 11.4. The second-order valence-electron chi connectivity index (χ2n) is 4.74. The summed E-state index contributed by atoms with van der Waals surface area (Å²) >= 11 is 0. The smallest absolute Gasteiger partial charge is 0.207 e. The van der Waals surface area contributed by atoms with Crippen LogP contribution in [0, 0.1) is 6.92 Å².